The smallest absolute Gasteiger partial charge is 0.333 e. The Bertz CT molecular complexity index is 676. The summed E-state index contributed by atoms with van der Waals surface area (Å²) in [5.74, 6) is -1.63. The fourth-order valence-electron chi connectivity index (χ4n) is 1.83. The van der Waals surface area contributed by atoms with Crippen LogP contribution in [0.1, 0.15) is 5.56 Å². The molecule has 2 rings (SSSR count). The number of carbonyl (C=O) groups is 3. The van der Waals surface area contributed by atoms with Gasteiger partial charge in [0.1, 0.15) is 11.3 Å². The minimum absolute atomic E-state index is 0.158. The molecule has 0 atom stereocenters. The van der Waals surface area contributed by atoms with E-state index in [2.05, 4.69) is 15.9 Å². The van der Waals surface area contributed by atoms with E-state index < -0.39 is 17.8 Å². The highest BCUT2D eigenvalue weighted by atomic mass is 79.9. The summed E-state index contributed by atoms with van der Waals surface area (Å²) < 4.78 is 0.329. The van der Waals surface area contributed by atoms with Crippen molar-refractivity contribution in [1.82, 2.24) is 9.80 Å². The van der Waals surface area contributed by atoms with Gasteiger partial charge in [0.25, 0.3) is 11.8 Å². The summed E-state index contributed by atoms with van der Waals surface area (Å²) in [4.78, 5) is 37.4. The summed E-state index contributed by atoms with van der Waals surface area (Å²) in [7, 11) is 2.55. The van der Waals surface area contributed by atoms with Crippen molar-refractivity contribution in [1.29, 1.82) is 0 Å². The second kappa shape index (κ2) is 5.50. The molecule has 1 saturated heterocycles. The van der Waals surface area contributed by atoms with Crippen LogP contribution in [0.25, 0.3) is 6.08 Å². The molecule has 1 aromatic carbocycles. The van der Waals surface area contributed by atoms with Gasteiger partial charge in [-0.25, -0.2) is 4.79 Å². The number of halogens is 2. The second-order valence-electron chi connectivity index (χ2n) is 4.39. The van der Waals surface area contributed by atoms with Crippen LogP contribution in [0.4, 0.5) is 4.79 Å². The highest BCUT2D eigenvalue weighted by Gasteiger charge is 2.37. The van der Waals surface area contributed by atoms with Gasteiger partial charge in [-0.05, 0) is 34.1 Å². The zero-order valence-electron chi connectivity index (χ0n) is 11.1. The van der Waals surface area contributed by atoms with Crippen LogP contribution < -0.4 is 0 Å². The summed E-state index contributed by atoms with van der Waals surface area (Å²) >= 11 is 8.99. The molecule has 0 saturated carbocycles. The second-order valence-corrected chi connectivity index (χ2v) is 5.69. The third-order valence-electron chi connectivity index (χ3n) is 3.00. The fourth-order valence-corrected chi connectivity index (χ4v) is 2.66. The van der Waals surface area contributed by atoms with Gasteiger partial charge in [-0.15, -0.1) is 0 Å². The van der Waals surface area contributed by atoms with E-state index >= 15 is 0 Å². The Morgan fingerprint density at radius 1 is 1.14 bits per heavy atom. The van der Waals surface area contributed by atoms with Gasteiger partial charge < -0.3 is 5.11 Å². The van der Waals surface area contributed by atoms with Crippen LogP contribution in [-0.2, 0) is 9.59 Å². The third-order valence-corrected chi connectivity index (χ3v) is 3.82. The Kier molecular flexibility index (Phi) is 4.06. The lowest BCUT2D eigenvalue weighted by Gasteiger charge is -2.28. The van der Waals surface area contributed by atoms with Crippen LogP contribution in [0.15, 0.2) is 22.2 Å². The van der Waals surface area contributed by atoms with E-state index in [4.69, 9.17) is 11.6 Å². The first kappa shape index (κ1) is 15.5. The molecule has 0 aliphatic carbocycles. The topological polar surface area (TPSA) is 77.9 Å². The number of imide groups is 2. The maximum atomic E-state index is 12.0. The number of phenols is 1. The van der Waals surface area contributed by atoms with Gasteiger partial charge in [0.05, 0.1) is 4.47 Å². The SMILES string of the molecule is CN1C(=O)C(=Cc2cc(Cl)cc(Br)c2O)C(=O)N(C)C1=O. The first-order valence-corrected chi connectivity index (χ1v) is 6.91. The zero-order chi connectivity index (χ0) is 15.9. The average molecular weight is 374 g/mol. The standard InChI is InChI=1S/C13H10BrClN2O4/c1-16-11(19)8(12(20)17(2)13(16)21)4-6-3-7(15)5-9(14)10(6)18/h3-5,18H,1-2H3. The minimum Gasteiger partial charge on any atom is -0.506 e. The summed E-state index contributed by atoms with van der Waals surface area (Å²) in [5, 5.41) is 10.3. The molecule has 0 aromatic heterocycles. The molecule has 6 nitrogen and oxygen atoms in total. The third kappa shape index (κ3) is 2.66. The number of carbonyl (C=O) groups excluding carboxylic acids is 3. The molecule has 1 aliphatic rings. The van der Waals surface area contributed by atoms with E-state index in [0.29, 0.717) is 9.50 Å². The van der Waals surface area contributed by atoms with Gasteiger partial charge >= 0.3 is 6.03 Å². The van der Waals surface area contributed by atoms with E-state index in [9.17, 15) is 19.5 Å². The minimum atomic E-state index is -0.737. The fraction of sp³-hybridized carbons (Fsp3) is 0.154. The number of aromatic hydroxyl groups is 1. The number of phenolic OH excluding ortho intramolecular Hbond substituents is 1. The van der Waals surface area contributed by atoms with Crippen molar-refractivity contribution in [2.75, 3.05) is 14.1 Å². The van der Waals surface area contributed by atoms with Crippen LogP contribution in [-0.4, -0.2) is 46.8 Å². The van der Waals surface area contributed by atoms with Gasteiger partial charge in [-0.2, -0.15) is 0 Å². The summed E-state index contributed by atoms with van der Waals surface area (Å²) in [6.45, 7) is 0. The van der Waals surface area contributed by atoms with Crippen molar-refractivity contribution in [3.05, 3.63) is 32.8 Å². The lowest BCUT2D eigenvalue weighted by atomic mass is 10.1. The number of likely N-dealkylation sites (N-methyl/N-ethyl adjacent to an activating group) is 2. The molecule has 1 heterocycles. The number of hydrogen-bond acceptors (Lipinski definition) is 4. The molecule has 8 heteroatoms. The molecule has 4 amide bonds. The van der Waals surface area contributed by atoms with Gasteiger partial charge in [0.2, 0.25) is 0 Å². The monoisotopic (exact) mass is 372 g/mol. The molecule has 0 radical (unpaired) electrons. The maximum absolute atomic E-state index is 12.0. The molecule has 1 aliphatic heterocycles. The number of benzene rings is 1. The number of nitrogens with zero attached hydrogens (tertiary/aromatic N) is 2. The molecular weight excluding hydrogens is 364 g/mol. The summed E-state index contributed by atoms with van der Waals surface area (Å²) in [6, 6.07) is 2.18. The van der Waals surface area contributed by atoms with E-state index in [1.807, 2.05) is 0 Å². The summed E-state index contributed by atoms with van der Waals surface area (Å²) in [6.07, 6.45) is 1.20. The number of hydrogen-bond donors (Lipinski definition) is 1. The van der Waals surface area contributed by atoms with E-state index in [0.717, 1.165) is 9.80 Å². The van der Waals surface area contributed by atoms with Gasteiger partial charge in [0.15, 0.2) is 0 Å². The normalized spacial score (nSPS) is 15.8. The number of rotatable bonds is 1. The highest BCUT2D eigenvalue weighted by Crippen LogP contribution is 2.33. The van der Waals surface area contributed by atoms with Crippen molar-refractivity contribution < 1.29 is 19.5 Å². The van der Waals surface area contributed by atoms with E-state index in [1.54, 1.807) is 0 Å². The number of barbiturate groups is 1. The van der Waals surface area contributed by atoms with E-state index in [1.165, 1.54) is 32.3 Å². The van der Waals surface area contributed by atoms with Crippen LogP contribution in [0.2, 0.25) is 5.02 Å². The van der Waals surface area contributed by atoms with Crippen molar-refractivity contribution in [3.63, 3.8) is 0 Å². The first-order valence-electron chi connectivity index (χ1n) is 5.73. The molecule has 21 heavy (non-hydrogen) atoms. The van der Waals surface area contributed by atoms with E-state index in [-0.39, 0.29) is 16.9 Å². The molecule has 0 spiro atoms. The molecular formula is C13H10BrClN2O4. The van der Waals surface area contributed by atoms with Gasteiger partial charge in [-0.1, -0.05) is 11.6 Å². The highest BCUT2D eigenvalue weighted by molar-refractivity contribution is 9.10. The zero-order valence-corrected chi connectivity index (χ0v) is 13.4. The Balaban J connectivity index is 2.57. The van der Waals surface area contributed by atoms with Gasteiger partial charge in [0, 0.05) is 24.7 Å². The van der Waals surface area contributed by atoms with Crippen LogP contribution in [0, 0.1) is 0 Å². The molecule has 1 fully saturated rings. The van der Waals surface area contributed by atoms with Crippen molar-refractivity contribution >= 4 is 51.5 Å². The largest absolute Gasteiger partial charge is 0.506 e. The maximum Gasteiger partial charge on any atom is 0.333 e. The van der Waals surface area contributed by atoms with Crippen LogP contribution in [0.5, 0.6) is 5.75 Å². The lowest BCUT2D eigenvalue weighted by molar-refractivity contribution is -0.134. The Morgan fingerprint density at radius 3 is 2.19 bits per heavy atom. The van der Waals surface area contributed by atoms with Crippen molar-refractivity contribution in [3.8, 4) is 5.75 Å². The molecule has 1 aromatic rings. The Labute approximate surface area is 133 Å². The molecule has 1 N–H and O–H groups in total. The van der Waals surface area contributed by atoms with Gasteiger partial charge in [-0.3, -0.25) is 19.4 Å². The molecule has 0 unspecified atom stereocenters. The average Bonchev–Trinajstić information content (AvgIpc) is 2.44. The van der Waals surface area contributed by atoms with Crippen LogP contribution in [0.3, 0.4) is 0 Å². The van der Waals surface area contributed by atoms with Crippen molar-refractivity contribution in [2.45, 2.75) is 0 Å². The van der Waals surface area contributed by atoms with Crippen LogP contribution >= 0.6 is 27.5 Å². The predicted molar refractivity (Wildman–Crippen MR) is 79.7 cm³/mol. The Morgan fingerprint density at radius 2 is 1.67 bits per heavy atom. The number of urea groups is 1. The predicted octanol–water partition coefficient (Wildman–Crippen LogP) is 2.24. The first-order chi connectivity index (χ1) is 9.73. The molecule has 110 valence electrons. The summed E-state index contributed by atoms with van der Waals surface area (Å²) in [5.41, 5.74) is -0.0358. The Hall–Kier alpha value is -1.86. The quantitative estimate of drug-likeness (QED) is 0.605. The molecule has 0 bridgehead atoms. The van der Waals surface area contributed by atoms with Crippen molar-refractivity contribution in [2.24, 2.45) is 0 Å². The lowest BCUT2D eigenvalue weighted by Crippen LogP contribution is -2.52. The number of amides is 4.